The van der Waals surface area contributed by atoms with Crippen molar-refractivity contribution in [3.63, 3.8) is 0 Å². The van der Waals surface area contributed by atoms with E-state index in [1.807, 2.05) is 0 Å². The van der Waals surface area contributed by atoms with Gasteiger partial charge in [0, 0.05) is 5.02 Å². The molecular formula is C14H16ClNO3S. The van der Waals surface area contributed by atoms with E-state index in [4.69, 9.17) is 16.0 Å². The van der Waals surface area contributed by atoms with Crippen LogP contribution in [0.5, 0.6) is 0 Å². The zero-order valence-electron chi connectivity index (χ0n) is 11.1. The molecule has 2 aromatic rings. The van der Waals surface area contributed by atoms with Gasteiger partial charge in [-0.05, 0) is 36.9 Å². The van der Waals surface area contributed by atoms with E-state index in [9.17, 15) is 8.42 Å². The van der Waals surface area contributed by atoms with E-state index in [0.29, 0.717) is 17.3 Å². The molecular weight excluding hydrogens is 298 g/mol. The number of furan rings is 1. The quantitative estimate of drug-likeness (QED) is 0.891. The van der Waals surface area contributed by atoms with Crippen molar-refractivity contribution in [3.8, 4) is 0 Å². The number of hydrogen-bond acceptors (Lipinski definition) is 4. The summed E-state index contributed by atoms with van der Waals surface area (Å²) < 4.78 is 29.7. The van der Waals surface area contributed by atoms with Crippen LogP contribution in [0.1, 0.15) is 17.1 Å². The Bertz CT molecular complexity index is 662. The zero-order chi connectivity index (χ0) is 14.6. The topological polar surface area (TPSA) is 59.3 Å². The third-order valence-corrected chi connectivity index (χ3v) is 4.48. The van der Waals surface area contributed by atoms with Gasteiger partial charge in [0.1, 0.15) is 17.3 Å². The number of halogens is 1. The van der Waals surface area contributed by atoms with Gasteiger partial charge in [0.05, 0.1) is 12.3 Å². The molecule has 2 rings (SSSR count). The molecule has 0 aliphatic carbocycles. The van der Waals surface area contributed by atoms with Gasteiger partial charge >= 0.3 is 0 Å². The maximum absolute atomic E-state index is 12.1. The minimum atomic E-state index is -3.26. The summed E-state index contributed by atoms with van der Waals surface area (Å²) in [5.74, 6) is 1.07. The Morgan fingerprint density at radius 2 is 1.70 bits per heavy atom. The predicted molar refractivity (Wildman–Crippen MR) is 79.3 cm³/mol. The van der Waals surface area contributed by atoms with E-state index in [1.54, 1.807) is 43.4 Å². The Hall–Kier alpha value is -1.30. The molecule has 0 unspecified atom stereocenters. The van der Waals surface area contributed by atoms with E-state index in [0.717, 1.165) is 11.3 Å². The molecule has 0 saturated carbocycles. The Morgan fingerprint density at radius 3 is 2.35 bits per heavy atom. The number of hydrogen-bond donors (Lipinski definition) is 1. The Kier molecular flexibility index (Phi) is 4.86. The highest BCUT2D eigenvalue weighted by Gasteiger charge is 2.15. The maximum atomic E-state index is 12.1. The summed E-state index contributed by atoms with van der Waals surface area (Å²) in [4.78, 5) is 0. The summed E-state index contributed by atoms with van der Waals surface area (Å²) in [7, 11) is -1.45. The first-order valence-corrected chi connectivity index (χ1v) is 8.35. The molecule has 1 N–H and O–H groups in total. The summed E-state index contributed by atoms with van der Waals surface area (Å²) in [6.07, 6.45) is 0. The molecule has 108 valence electrons. The predicted octanol–water partition coefficient (Wildman–Crippen LogP) is 2.77. The Balaban J connectivity index is 2.04. The van der Waals surface area contributed by atoms with Crippen molar-refractivity contribution in [2.24, 2.45) is 0 Å². The van der Waals surface area contributed by atoms with E-state index in [2.05, 4.69) is 5.32 Å². The molecule has 1 aromatic carbocycles. The number of benzene rings is 1. The average molecular weight is 314 g/mol. The molecule has 0 atom stereocenters. The molecule has 0 fully saturated rings. The molecule has 0 bridgehead atoms. The van der Waals surface area contributed by atoms with E-state index < -0.39 is 9.84 Å². The van der Waals surface area contributed by atoms with Crippen molar-refractivity contribution >= 4 is 21.4 Å². The van der Waals surface area contributed by atoms with Crippen LogP contribution in [0.15, 0.2) is 40.8 Å². The van der Waals surface area contributed by atoms with Crippen molar-refractivity contribution < 1.29 is 12.8 Å². The Morgan fingerprint density at radius 1 is 1.05 bits per heavy atom. The van der Waals surface area contributed by atoms with Crippen LogP contribution in [0.3, 0.4) is 0 Å². The fourth-order valence-electron chi connectivity index (χ4n) is 1.87. The van der Waals surface area contributed by atoms with Crippen molar-refractivity contribution in [2.75, 3.05) is 7.05 Å². The number of sulfone groups is 1. The van der Waals surface area contributed by atoms with Crippen molar-refractivity contribution in [3.05, 3.63) is 58.5 Å². The summed E-state index contributed by atoms with van der Waals surface area (Å²) in [5, 5.41) is 3.54. The smallest absolute Gasteiger partial charge is 0.161 e. The lowest BCUT2D eigenvalue weighted by molar-refractivity contribution is 0.465. The van der Waals surface area contributed by atoms with Crippen LogP contribution < -0.4 is 5.32 Å². The van der Waals surface area contributed by atoms with Gasteiger partial charge in [-0.25, -0.2) is 8.42 Å². The number of rotatable bonds is 6. The molecule has 0 amide bonds. The lowest BCUT2D eigenvalue weighted by Gasteiger charge is -2.03. The third kappa shape index (κ3) is 4.37. The van der Waals surface area contributed by atoms with Gasteiger partial charge in [0.15, 0.2) is 9.84 Å². The molecule has 1 heterocycles. The van der Waals surface area contributed by atoms with E-state index in [-0.39, 0.29) is 11.5 Å². The van der Waals surface area contributed by atoms with E-state index in [1.165, 1.54) is 0 Å². The molecule has 0 saturated heterocycles. The van der Waals surface area contributed by atoms with Gasteiger partial charge in [-0.1, -0.05) is 23.7 Å². The van der Waals surface area contributed by atoms with Crippen LogP contribution in [0.4, 0.5) is 0 Å². The van der Waals surface area contributed by atoms with Crippen LogP contribution >= 0.6 is 11.6 Å². The van der Waals surface area contributed by atoms with Crippen molar-refractivity contribution in [1.82, 2.24) is 5.32 Å². The van der Waals surface area contributed by atoms with Crippen LogP contribution in [0, 0.1) is 0 Å². The number of nitrogens with one attached hydrogen (secondary N) is 1. The second-order valence-electron chi connectivity index (χ2n) is 4.56. The van der Waals surface area contributed by atoms with Crippen LogP contribution in [-0.4, -0.2) is 15.5 Å². The van der Waals surface area contributed by atoms with Crippen molar-refractivity contribution in [2.45, 2.75) is 18.1 Å². The molecule has 0 aliphatic rings. The summed E-state index contributed by atoms with van der Waals surface area (Å²) in [5.41, 5.74) is 0.719. The molecule has 1 aromatic heterocycles. The molecule has 20 heavy (non-hydrogen) atoms. The second kappa shape index (κ2) is 6.43. The minimum Gasteiger partial charge on any atom is -0.464 e. The van der Waals surface area contributed by atoms with Gasteiger partial charge in [0.2, 0.25) is 0 Å². The van der Waals surface area contributed by atoms with Gasteiger partial charge in [-0.3, -0.25) is 0 Å². The van der Waals surface area contributed by atoms with Gasteiger partial charge in [-0.15, -0.1) is 0 Å². The first kappa shape index (κ1) is 15.1. The fourth-order valence-corrected chi connectivity index (χ4v) is 3.39. The van der Waals surface area contributed by atoms with Crippen LogP contribution in [0.25, 0.3) is 0 Å². The average Bonchev–Trinajstić information content (AvgIpc) is 2.79. The monoisotopic (exact) mass is 313 g/mol. The highest BCUT2D eigenvalue weighted by atomic mass is 35.5. The Labute approximate surface area is 123 Å². The SMILES string of the molecule is CNCc1ccc(CS(=O)(=O)Cc2ccc(Cl)cc2)o1. The largest absolute Gasteiger partial charge is 0.464 e. The summed E-state index contributed by atoms with van der Waals surface area (Å²) in [6, 6.07) is 10.3. The highest BCUT2D eigenvalue weighted by molar-refractivity contribution is 7.89. The van der Waals surface area contributed by atoms with Crippen molar-refractivity contribution in [1.29, 1.82) is 0 Å². The normalized spacial score (nSPS) is 11.7. The van der Waals surface area contributed by atoms with Crippen LogP contribution in [-0.2, 0) is 27.9 Å². The molecule has 4 nitrogen and oxygen atoms in total. The zero-order valence-corrected chi connectivity index (χ0v) is 12.7. The molecule has 0 aliphatic heterocycles. The lowest BCUT2D eigenvalue weighted by Crippen LogP contribution is -2.07. The van der Waals surface area contributed by atoms with Gasteiger partial charge in [-0.2, -0.15) is 0 Å². The minimum absolute atomic E-state index is 0.0216. The maximum Gasteiger partial charge on any atom is 0.161 e. The van der Waals surface area contributed by atoms with Crippen LogP contribution in [0.2, 0.25) is 5.02 Å². The standard InChI is InChI=1S/C14H16ClNO3S/c1-16-8-13-6-7-14(19-13)10-20(17,18)9-11-2-4-12(15)5-3-11/h2-7,16H,8-10H2,1H3. The second-order valence-corrected chi connectivity index (χ2v) is 7.06. The first-order chi connectivity index (χ1) is 9.48. The lowest BCUT2D eigenvalue weighted by atomic mass is 10.2. The van der Waals surface area contributed by atoms with Gasteiger partial charge < -0.3 is 9.73 Å². The third-order valence-electron chi connectivity index (χ3n) is 2.73. The molecule has 0 spiro atoms. The summed E-state index contributed by atoms with van der Waals surface area (Å²) >= 11 is 5.77. The fraction of sp³-hybridized carbons (Fsp3) is 0.286. The molecule has 6 heteroatoms. The summed E-state index contributed by atoms with van der Waals surface area (Å²) in [6.45, 7) is 0.581. The van der Waals surface area contributed by atoms with Gasteiger partial charge in [0.25, 0.3) is 0 Å². The highest BCUT2D eigenvalue weighted by Crippen LogP contribution is 2.16. The van der Waals surface area contributed by atoms with E-state index >= 15 is 0 Å². The molecule has 0 radical (unpaired) electrons. The first-order valence-electron chi connectivity index (χ1n) is 6.15.